The second-order valence-electron chi connectivity index (χ2n) is 4.84. The highest BCUT2D eigenvalue weighted by Gasteiger charge is 2.39. The van der Waals surface area contributed by atoms with Gasteiger partial charge in [-0.3, -0.25) is 9.36 Å². The summed E-state index contributed by atoms with van der Waals surface area (Å²) < 4.78 is 65.4. The van der Waals surface area contributed by atoms with Crippen LogP contribution in [-0.4, -0.2) is 33.2 Å². The first-order chi connectivity index (χ1) is 10.5. The van der Waals surface area contributed by atoms with Crippen molar-refractivity contribution >= 4 is 21.4 Å². The number of hydrogen-bond acceptors (Lipinski definition) is 5. The van der Waals surface area contributed by atoms with Crippen molar-refractivity contribution in [3.05, 3.63) is 28.3 Å². The highest BCUT2D eigenvalue weighted by Crippen LogP contribution is 2.35. The fraction of sp³-hybridized carbons (Fsp3) is 0.545. The molecular weight excluding hydrogens is 359 g/mol. The van der Waals surface area contributed by atoms with Crippen LogP contribution in [0.4, 0.5) is 13.2 Å². The minimum Gasteiger partial charge on any atom is -0.256 e. The predicted molar refractivity (Wildman–Crippen MR) is 75.2 cm³/mol. The summed E-state index contributed by atoms with van der Waals surface area (Å²) in [7, 11) is -2.72. The van der Waals surface area contributed by atoms with Gasteiger partial charge in [-0.2, -0.15) is 18.3 Å². The first-order valence-corrected chi connectivity index (χ1v) is 8.61. The molecular formula is C11H13ClF3N5O2S. The summed E-state index contributed by atoms with van der Waals surface area (Å²) in [5.74, 6) is -1.41. The van der Waals surface area contributed by atoms with Gasteiger partial charge >= 0.3 is 6.18 Å². The standard InChI is InChI=1S/C11H13ClF3N5O2S/c1-3-20-4-7(16-18-20)5-23(21,22)6-8-9(11(13,14)15)17-19(2)10(8)12/h4H,3,5-6H2,1-2H3. The Kier molecular flexibility index (Phi) is 4.71. The average molecular weight is 372 g/mol. The van der Waals surface area contributed by atoms with E-state index in [9.17, 15) is 21.6 Å². The minimum absolute atomic E-state index is 0.153. The summed E-state index contributed by atoms with van der Waals surface area (Å²) in [6.45, 7) is 2.29. The van der Waals surface area contributed by atoms with Gasteiger partial charge in [0.05, 0.1) is 17.2 Å². The number of alkyl halides is 3. The molecule has 0 N–H and O–H groups in total. The Labute approximate surface area is 135 Å². The summed E-state index contributed by atoms with van der Waals surface area (Å²) in [5, 5.41) is 10.2. The molecule has 0 amide bonds. The molecule has 2 rings (SSSR count). The summed E-state index contributed by atoms with van der Waals surface area (Å²) in [4.78, 5) is 0. The second kappa shape index (κ2) is 6.11. The molecule has 0 saturated heterocycles. The van der Waals surface area contributed by atoms with E-state index in [1.807, 2.05) is 0 Å². The van der Waals surface area contributed by atoms with E-state index in [0.29, 0.717) is 6.54 Å². The molecule has 2 heterocycles. The van der Waals surface area contributed by atoms with Gasteiger partial charge in [0.15, 0.2) is 15.5 Å². The maximum absolute atomic E-state index is 12.9. The lowest BCUT2D eigenvalue weighted by Gasteiger charge is -2.06. The summed E-state index contributed by atoms with van der Waals surface area (Å²) in [6.07, 6.45) is -3.37. The smallest absolute Gasteiger partial charge is 0.256 e. The normalized spacial score (nSPS) is 12.8. The maximum Gasteiger partial charge on any atom is 0.435 e. The molecule has 0 spiro atoms. The summed E-state index contributed by atoms with van der Waals surface area (Å²) >= 11 is 5.76. The van der Waals surface area contributed by atoms with Gasteiger partial charge in [-0.1, -0.05) is 16.8 Å². The van der Waals surface area contributed by atoms with Crippen LogP contribution >= 0.6 is 11.6 Å². The van der Waals surface area contributed by atoms with Crippen LogP contribution in [0.3, 0.4) is 0 Å². The first kappa shape index (κ1) is 17.7. The lowest BCUT2D eigenvalue weighted by Crippen LogP contribution is -2.14. The Morgan fingerprint density at radius 3 is 2.48 bits per heavy atom. The number of aryl methyl sites for hydroxylation is 2. The first-order valence-electron chi connectivity index (χ1n) is 6.41. The fourth-order valence-electron chi connectivity index (χ4n) is 1.96. The molecule has 0 aliphatic rings. The van der Waals surface area contributed by atoms with Gasteiger partial charge in [-0.25, -0.2) is 8.42 Å². The molecule has 12 heteroatoms. The van der Waals surface area contributed by atoms with Crippen LogP contribution in [0, 0.1) is 0 Å². The van der Waals surface area contributed by atoms with Crippen molar-refractivity contribution in [2.75, 3.05) is 0 Å². The van der Waals surface area contributed by atoms with Crippen molar-refractivity contribution < 1.29 is 21.6 Å². The summed E-state index contributed by atoms with van der Waals surface area (Å²) in [6, 6.07) is 0. The van der Waals surface area contributed by atoms with Crippen molar-refractivity contribution in [2.45, 2.75) is 31.2 Å². The Morgan fingerprint density at radius 1 is 1.30 bits per heavy atom. The third-order valence-corrected chi connectivity index (χ3v) is 4.92. The number of hydrogen-bond donors (Lipinski definition) is 0. The lowest BCUT2D eigenvalue weighted by atomic mass is 10.3. The Morgan fingerprint density at radius 2 is 1.96 bits per heavy atom. The molecule has 7 nitrogen and oxygen atoms in total. The van der Waals surface area contributed by atoms with Crippen molar-refractivity contribution in [2.24, 2.45) is 7.05 Å². The van der Waals surface area contributed by atoms with Gasteiger partial charge in [0, 0.05) is 25.4 Å². The lowest BCUT2D eigenvalue weighted by molar-refractivity contribution is -0.141. The number of halogens is 4. The van der Waals surface area contributed by atoms with Gasteiger partial charge in [0.25, 0.3) is 0 Å². The topological polar surface area (TPSA) is 82.7 Å². The van der Waals surface area contributed by atoms with Crippen LogP contribution in [-0.2, 0) is 41.1 Å². The molecule has 0 saturated carbocycles. The zero-order valence-corrected chi connectivity index (χ0v) is 13.7. The molecule has 0 aliphatic carbocycles. The van der Waals surface area contributed by atoms with E-state index < -0.39 is 38.8 Å². The van der Waals surface area contributed by atoms with E-state index in [-0.39, 0.29) is 10.8 Å². The van der Waals surface area contributed by atoms with Crippen LogP contribution in [0.5, 0.6) is 0 Å². The van der Waals surface area contributed by atoms with E-state index in [0.717, 1.165) is 4.68 Å². The van der Waals surface area contributed by atoms with Crippen LogP contribution in [0.2, 0.25) is 5.15 Å². The molecule has 2 aromatic heterocycles. The number of nitrogens with zero attached hydrogens (tertiary/aromatic N) is 5. The van der Waals surface area contributed by atoms with Crippen LogP contribution in [0.25, 0.3) is 0 Å². The largest absolute Gasteiger partial charge is 0.435 e. The van der Waals surface area contributed by atoms with Gasteiger partial charge in [0.1, 0.15) is 5.15 Å². The predicted octanol–water partition coefficient (Wildman–Crippen LogP) is 1.82. The number of aromatic nitrogens is 5. The van der Waals surface area contributed by atoms with Crippen molar-refractivity contribution in [3.8, 4) is 0 Å². The van der Waals surface area contributed by atoms with Crippen LogP contribution < -0.4 is 0 Å². The Balaban J connectivity index is 2.30. The van der Waals surface area contributed by atoms with E-state index >= 15 is 0 Å². The molecule has 0 unspecified atom stereocenters. The number of sulfone groups is 1. The van der Waals surface area contributed by atoms with E-state index in [1.54, 1.807) is 6.92 Å². The van der Waals surface area contributed by atoms with Gasteiger partial charge in [0.2, 0.25) is 0 Å². The van der Waals surface area contributed by atoms with E-state index in [4.69, 9.17) is 11.6 Å². The molecule has 2 aromatic rings. The third-order valence-electron chi connectivity index (χ3n) is 2.98. The zero-order valence-electron chi connectivity index (χ0n) is 12.2. The van der Waals surface area contributed by atoms with Crippen molar-refractivity contribution in [1.82, 2.24) is 24.8 Å². The third kappa shape index (κ3) is 4.02. The zero-order chi connectivity index (χ0) is 17.4. The molecule has 23 heavy (non-hydrogen) atoms. The average Bonchev–Trinajstić information content (AvgIpc) is 2.97. The van der Waals surface area contributed by atoms with Crippen LogP contribution in [0.1, 0.15) is 23.9 Å². The second-order valence-corrected chi connectivity index (χ2v) is 7.26. The molecule has 0 bridgehead atoms. The molecule has 0 aromatic carbocycles. The monoisotopic (exact) mass is 371 g/mol. The van der Waals surface area contributed by atoms with Crippen LogP contribution in [0.15, 0.2) is 6.20 Å². The van der Waals surface area contributed by atoms with Gasteiger partial charge < -0.3 is 0 Å². The minimum atomic E-state index is -4.79. The highest BCUT2D eigenvalue weighted by molar-refractivity contribution is 7.89. The van der Waals surface area contributed by atoms with E-state index in [1.165, 1.54) is 17.9 Å². The van der Waals surface area contributed by atoms with Gasteiger partial charge in [-0.05, 0) is 6.92 Å². The summed E-state index contributed by atoms with van der Waals surface area (Å²) in [5.41, 5.74) is -1.71. The van der Waals surface area contributed by atoms with Crippen molar-refractivity contribution in [1.29, 1.82) is 0 Å². The Hall–Kier alpha value is -1.62. The quantitative estimate of drug-likeness (QED) is 0.800. The molecule has 128 valence electrons. The molecule has 0 aliphatic heterocycles. The highest BCUT2D eigenvalue weighted by atomic mass is 35.5. The molecule has 0 atom stereocenters. The molecule has 0 fully saturated rings. The van der Waals surface area contributed by atoms with Gasteiger partial charge in [-0.15, -0.1) is 5.10 Å². The van der Waals surface area contributed by atoms with Crippen molar-refractivity contribution in [3.63, 3.8) is 0 Å². The number of rotatable bonds is 5. The molecule has 0 radical (unpaired) electrons. The van der Waals surface area contributed by atoms with E-state index in [2.05, 4.69) is 15.4 Å². The maximum atomic E-state index is 12.9. The Bertz CT molecular complexity index is 812. The SMILES string of the molecule is CCn1cc(CS(=O)(=O)Cc2c(C(F)(F)F)nn(C)c2Cl)nn1. The fourth-order valence-corrected chi connectivity index (χ4v) is 3.63.